The Bertz CT molecular complexity index is 900. The number of pyridine rings is 2. The Labute approximate surface area is 142 Å². The second-order valence-electron chi connectivity index (χ2n) is 5.28. The first kappa shape index (κ1) is 14.1. The molecule has 112 valence electrons. The average Bonchev–Trinajstić information content (AvgIpc) is 3.01. The largest absolute Gasteiger partial charge is 0.348 e. The topological polar surface area (TPSA) is 43.6 Å². The molecule has 3 heterocycles. The van der Waals surface area contributed by atoms with Gasteiger partial charge in [0.1, 0.15) is 11.4 Å². The summed E-state index contributed by atoms with van der Waals surface area (Å²) in [6, 6.07) is 16.1. The highest BCUT2D eigenvalue weighted by Gasteiger charge is 2.13. The molecule has 4 rings (SSSR count). The Morgan fingerprint density at radius 1 is 0.870 bits per heavy atom. The average molecular weight is 365 g/mol. The lowest BCUT2D eigenvalue weighted by Crippen LogP contribution is -2.00. The van der Waals surface area contributed by atoms with Crippen molar-refractivity contribution in [1.29, 1.82) is 0 Å². The molecule has 2 aliphatic heterocycles. The van der Waals surface area contributed by atoms with Crippen LogP contribution in [-0.4, -0.2) is 19.5 Å². The van der Waals surface area contributed by atoms with Crippen molar-refractivity contribution >= 4 is 15.9 Å². The zero-order valence-electron chi connectivity index (χ0n) is 12.2. The van der Waals surface area contributed by atoms with E-state index in [1.165, 1.54) is 5.56 Å². The normalized spacial score (nSPS) is 11.0. The van der Waals surface area contributed by atoms with Crippen molar-refractivity contribution in [2.45, 2.75) is 6.54 Å². The van der Waals surface area contributed by atoms with Crippen LogP contribution >= 0.6 is 15.9 Å². The SMILES string of the molecule is Brc1ccc(Cn2ccc3nc(-c4ccccn4)nc-3c2)cc1. The standard InChI is InChI=1S/C18H13BrN4/c19-14-6-4-13(5-7-14)11-23-10-8-15-17(12-23)22-18(21-15)16-3-1-2-9-20-16/h1-10,12H,11H2. The number of benzene rings is 1. The van der Waals surface area contributed by atoms with Gasteiger partial charge in [-0.25, -0.2) is 9.97 Å². The summed E-state index contributed by atoms with van der Waals surface area (Å²) in [5.41, 5.74) is 3.80. The van der Waals surface area contributed by atoms with Crippen molar-refractivity contribution in [2.75, 3.05) is 0 Å². The molecule has 23 heavy (non-hydrogen) atoms. The summed E-state index contributed by atoms with van der Waals surface area (Å²) in [6.45, 7) is 0.801. The van der Waals surface area contributed by atoms with E-state index < -0.39 is 0 Å². The molecule has 0 fully saturated rings. The molecule has 0 amide bonds. The third kappa shape index (κ3) is 3.00. The molecule has 0 saturated heterocycles. The predicted octanol–water partition coefficient (Wildman–Crippen LogP) is 4.26. The Morgan fingerprint density at radius 3 is 2.48 bits per heavy atom. The smallest absolute Gasteiger partial charge is 0.179 e. The van der Waals surface area contributed by atoms with Crippen LogP contribution in [0.5, 0.6) is 0 Å². The van der Waals surface area contributed by atoms with E-state index >= 15 is 0 Å². The first-order valence-electron chi connectivity index (χ1n) is 7.27. The van der Waals surface area contributed by atoms with Crippen LogP contribution in [0.15, 0.2) is 71.6 Å². The zero-order valence-corrected chi connectivity index (χ0v) is 13.8. The van der Waals surface area contributed by atoms with Crippen molar-refractivity contribution in [3.63, 3.8) is 0 Å². The van der Waals surface area contributed by atoms with Crippen LogP contribution in [0, 0.1) is 0 Å². The molecule has 0 N–H and O–H groups in total. The molecular formula is C18H13BrN4. The van der Waals surface area contributed by atoms with E-state index in [-0.39, 0.29) is 0 Å². The highest BCUT2D eigenvalue weighted by molar-refractivity contribution is 9.10. The minimum atomic E-state index is 0.669. The molecule has 2 aliphatic rings. The van der Waals surface area contributed by atoms with E-state index in [1.807, 2.05) is 36.7 Å². The van der Waals surface area contributed by atoms with E-state index in [0.29, 0.717) is 5.82 Å². The van der Waals surface area contributed by atoms with E-state index in [9.17, 15) is 0 Å². The summed E-state index contributed by atoms with van der Waals surface area (Å²) in [7, 11) is 0. The number of rotatable bonds is 3. The van der Waals surface area contributed by atoms with Gasteiger partial charge in [0, 0.05) is 29.6 Å². The van der Waals surface area contributed by atoms with Gasteiger partial charge in [0.25, 0.3) is 0 Å². The Balaban J connectivity index is 1.66. The van der Waals surface area contributed by atoms with Crippen molar-refractivity contribution in [3.8, 4) is 22.9 Å². The van der Waals surface area contributed by atoms with Gasteiger partial charge in [0.15, 0.2) is 5.82 Å². The van der Waals surface area contributed by atoms with Gasteiger partial charge in [0.05, 0.1) is 5.69 Å². The fourth-order valence-electron chi connectivity index (χ4n) is 2.46. The van der Waals surface area contributed by atoms with Gasteiger partial charge >= 0.3 is 0 Å². The van der Waals surface area contributed by atoms with E-state index in [4.69, 9.17) is 0 Å². The summed E-state index contributed by atoms with van der Waals surface area (Å²) in [5, 5.41) is 0. The zero-order chi connectivity index (χ0) is 15.6. The molecule has 0 aliphatic carbocycles. The number of fused-ring (bicyclic) bond motifs is 1. The highest BCUT2D eigenvalue weighted by atomic mass is 79.9. The lowest BCUT2D eigenvalue weighted by molar-refractivity contribution is 0.789. The number of imidazole rings is 1. The van der Waals surface area contributed by atoms with Crippen LogP contribution in [-0.2, 0) is 6.54 Å². The van der Waals surface area contributed by atoms with Crippen LogP contribution in [0.3, 0.4) is 0 Å². The van der Waals surface area contributed by atoms with Gasteiger partial charge < -0.3 is 4.57 Å². The summed E-state index contributed by atoms with van der Waals surface area (Å²) < 4.78 is 3.20. The van der Waals surface area contributed by atoms with Gasteiger partial charge in [-0.1, -0.05) is 34.1 Å². The van der Waals surface area contributed by atoms with Gasteiger partial charge in [-0.15, -0.1) is 0 Å². The second-order valence-corrected chi connectivity index (χ2v) is 6.19. The lowest BCUT2D eigenvalue weighted by Gasteiger charge is -2.08. The first-order chi connectivity index (χ1) is 11.3. The monoisotopic (exact) mass is 364 g/mol. The van der Waals surface area contributed by atoms with Crippen LogP contribution in [0.1, 0.15) is 5.56 Å². The highest BCUT2D eigenvalue weighted by Crippen LogP contribution is 2.23. The third-order valence-corrected chi connectivity index (χ3v) is 4.13. The van der Waals surface area contributed by atoms with Gasteiger partial charge in [0.2, 0.25) is 0 Å². The maximum atomic E-state index is 4.60. The van der Waals surface area contributed by atoms with Crippen molar-refractivity contribution in [3.05, 3.63) is 77.2 Å². The molecule has 2 aromatic rings. The number of hydrogen-bond acceptors (Lipinski definition) is 3. The summed E-state index contributed by atoms with van der Waals surface area (Å²) in [5.74, 6) is 0.669. The van der Waals surface area contributed by atoms with Gasteiger partial charge in [-0.05, 0) is 35.9 Å². The maximum absolute atomic E-state index is 4.60. The summed E-state index contributed by atoms with van der Waals surface area (Å²) >= 11 is 3.46. The Morgan fingerprint density at radius 2 is 1.70 bits per heavy atom. The van der Waals surface area contributed by atoms with Crippen LogP contribution in [0.2, 0.25) is 0 Å². The fourth-order valence-corrected chi connectivity index (χ4v) is 2.72. The molecule has 0 radical (unpaired) electrons. The molecule has 0 spiro atoms. The Kier molecular flexibility index (Phi) is 3.63. The number of halogens is 1. The summed E-state index contributed by atoms with van der Waals surface area (Å²) in [4.78, 5) is 13.5. The van der Waals surface area contributed by atoms with Crippen molar-refractivity contribution < 1.29 is 0 Å². The predicted molar refractivity (Wildman–Crippen MR) is 93.1 cm³/mol. The quantitative estimate of drug-likeness (QED) is 0.545. The van der Waals surface area contributed by atoms with E-state index in [0.717, 1.165) is 28.1 Å². The van der Waals surface area contributed by atoms with E-state index in [2.05, 4.69) is 59.7 Å². The maximum Gasteiger partial charge on any atom is 0.179 e. The van der Waals surface area contributed by atoms with Crippen molar-refractivity contribution in [1.82, 2.24) is 19.5 Å². The van der Waals surface area contributed by atoms with Crippen LogP contribution < -0.4 is 0 Å². The van der Waals surface area contributed by atoms with Crippen LogP contribution in [0.25, 0.3) is 22.9 Å². The minimum Gasteiger partial charge on any atom is -0.348 e. The third-order valence-electron chi connectivity index (χ3n) is 3.60. The lowest BCUT2D eigenvalue weighted by atomic mass is 10.2. The molecule has 1 aromatic carbocycles. The van der Waals surface area contributed by atoms with Gasteiger partial charge in [-0.3, -0.25) is 4.98 Å². The second kappa shape index (κ2) is 5.93. The van der Waals surface area contributed by atoms with Gasteiger partial charge in [-0.2, -0.15) is 0 Å². The van der Waals surface area contributed by atoms with Crippen LogP contribution in [0.4, 0.5) is 0 Å². The molecule has 0 bridgehead atoms. The Hall–Kier alpha value is -2.53. The number of hydrogen-bond donors (Lipinski definition) is 0. The minimum absolute atomic E-state index is 0.669. The molecule has 1 aromatic heterocycles. The summed E-state index contributed by atoms with van der Waals surface area (Å²) in [6.07, 6.45) is 5.81. The molecule has 0 unspecified atom stereocenters. The van der Waals surface area contributed by atoms with E-state index in [1.54, 1.807) is 6.20 Å². The molecule has 5 heteroatoms. The number of nitrogens with zero attached hydrogens (tertiary/aromatic N) is 4. The molecule has 0 saturated carbocycles. The molecular weight excluding hydrogens is 352 g/mol. The first-order valence-corrected chi connectivity index (χ1v) is 8.07. The van der Waals surface area contributed by atoms with Crippen molar-refractivity contribution in [2.24, 2.45) is 0 Å². The molecule has 0 atom stereocenters. The number of aromatic nitrogens is 4. The molecule has 4 nitrogen and oxygen atoms in total. The fraction of sp³-hybridized carbons (Fsp3) is 0.0556.